The highest BCUT2D eigenvalue weighted by Crippen LogP contribution is 2.17. The van der Waals surface area contributed by atoms with Crippen LogP contribution >= 0.6 is 0 Å². The number of hydrogen-bond acceptors (Lipinski definition) is 4. The van der Waals surface area contributed by atoms with Crippen molar-refractivity contribution in [3.8, 4) is 5.75 Å². The predicted octanol–water partition coefficient (Wildman–Crippen LogP) is 2.41. The molecule has 0 fully saturated rings. The minimum absolute atomic E-state index is 0.677. The largest absolute Gasteiger partial charge is 0.497 e. The first-order chi connectivity index (χ1) is 8.28. The van der Waals surface area contributed by atoms with Gasteiger partial charge in [0.2, 0.25) is 0 Å². The fourth-order valence-corrected chi connectivity index (χ4v) is 1.53. The maximum atomic E-state index is 5.16. The molecule has 0 bridgehead atoms. The third kappa shape index (κ3) is 3.17. The van der Waals surface area contributed by atoms with Crippen molar-refractivity contribution >= 4 is 5.69 Å². The second-order valence-electron chi connectivity index (χ2n) is 3.68. The molecule has 0 saturated heterocycles. The van der Waals surface area contributed by atoms with E-state index in [1.807, 2.05) is 37.3 Å². The molecule has 0 aliphatic carbocycles. The average Bonchev–Trinajstić information content (AvgIpc) is 2.37. The lowest BCUT2D eigenvalue weighted by Gasteiger charge is -2.07. The highest BCUT2D eigenvalue weighted by Gasteiger charge is 1.97. The van der Waals surface area contributed by atoms with Crippen molar-refractivity contribution in [3.05, 3.63) is 48.0 Å². The molecule has 0 atom stereocenters. The Hall–Kier alpha value is -2.10. The summed E-state index contributed by atoms with van der Waals surface area (Å²) >= 11 is 0. The standard InChI is InChI=1S/C13H15N3O/c1-10-14-7-6-12(16-10)9-15-11-4-3-5-13(8-11)17-2/h3-8,15H,9H2,1-2H3. The summed E-state index contributed by atoms with van der Waals surface area (Å²) in [7, 11) is 1.66. The van der Waals surface area contributed by atoms with Crippen molar-refractivity contribution in [2.45, 2.75) is 13.5 Å². The minimum Gasteiger partial charge on any atom is -0.497 e. The molecule has 4 nitrogen and oxygen atoms in total. The van der Waals surface area contributed by atoms with Gasteiger partial charge in [0.05, 0.1) is 19.3 Å². The van der Waals surface area contributed by atoms with Gasteiger partial charge < -0.3 is 10.1 Å². The van der Waals surface area contributed by atoms with Crippen LogP contribution in [0.5, 0.6) is 5.75 Å². The summed E-state index contributed by atoms with van der Waals surface area (Å²) in [4.78, 5) is 8.39. The van der Waals surface area contributed by atoms with Crippen LogP contribution < -0.4 is 10.1 Å². The van der Waals surface area contributed by atoms with Crippen molar-refractivity contribution in [2.75, 3.05) is 12.4 Å². The Balaban J connectivity index is 2.02. The first-order valence-electron chi connectivity index (χ1n) is 5.44. The van der Waals surface area contributed by atoms with E-state index in [1.165, 1.54) is 0 Å². The lowest BCUT2D eigenvalue weighted by atomic mass is 10.3. The van der Waals surface area contributed by atoms with Crippen LogP contribution in [0.15, 0.2) is 36.5 Å². The maximum Gasteiger partial charge on any atom is 0.125 e. The number of aromatic nitrogens is 2. The molecule has 0 amide bonds. The monoisotopic (exact) mass is 229 g/mol. The molecular weight excluding hydrogens is 214 g/mol. The molecule has 17 heavy (non-hydrogen) atoms. The molecule has 0 aliphatic heterocycles. The van der Waals surface area contributed by atoms with Gasteiger partial charge in [0.1, 0.15) is 11.6 Å². The lowest BCUT2D eigenvalue weighted by Crippen LogP contribution is -2.03. The Kier molecular flexibility index (Phi) is 3.55. The van der Waals surface area contributed by atoms with E-state index in [0.717, 1.165) is 23.0 Å². The lowest BCUT2D eigenvalue weighted by molar-refractivity contribution is 0.415. The fourth-order valence-electron chi connectivity index (χ4n) is 1.53. The van der Waals surface area contributed by atoms with Gasteiger partial charge in [-0.2, -0.15) is 0 Å². The number of methoxy groups -OCH3 is 1. The highest BCUT2D eigenvalue weighted by atomic mass is 16.5. The van der Waals surface area contributed by atoms with Crippen LogP contribution in [0.1, 0.15) is 11.5 Å². The van der Waals surface area contributed by atoms with Gasteiger partial charge in [0, 0.05) is 18.0 Å². The summed E-state index contributed by atoms with van der Waals surface area (Å²) in [5.41, 5.74) is 1.99. The Morgan fingerprint density at radius 1 is 1.29 bits per heavy atom. The first-order valence-corrected chi connectivity index (χ1v) is 5.44. The van der Waals surface area contributed by atoms with Crippen LogP contribution in [-0.2, 0) is 6.54 Å². The van der Waals surface area contributed by atoms with Gasteiger partial charge in [0.15, 0.2) is 0 Å². The molecule has 1 aromatic carbocycles. The summed E-state index contributed by atoms with van der Waals surface area (Å²) < 4.78 is 5.16. The molecule has 2 aromatic rings. The minimum atomic E-state index is 0.677. The molecule has 0 radical (unpaired) electrons. The SMILES string of the molecule is COc1cccc(NCc2ccnc(C)n2)c1. The summed E-state index contributed by atoms with van der Waals surface area (Å²) in [5, 5.41) is 3.29. The summed E-state index contributed by atoms with van der Waals surface area (Å²) in [6.45, 7) is 2.56. The fraction of sp³-hybridized carbons (Fsp3) is 0.231. The third-order valence-corrected chi connectivity index (χ3v) is 2.38. The van der Waals surface area contributed by atoms with Gasteiger partial charge in [-0.3, -0.25) is 0 Å². The normalized spacial score (nSPS) is 10.0. The molecule has 1 N–H and O–H groups in total. The third-order valence-electron chi connectivity index (χ3n) is 2.38. The number of hydrogen-bond donors (Lipinski definition) is 1. The van der Waals surface area contributed by atoms with E-state index in [2.05, 4.69) is 15.3 Å². The number of nitrogens with zero attached hydrogens (tertiary/aromatic N) is 2. The molecule has 88 valence electrons. The molecule has 2 rings (SSSR count). The van der Waals surface area contributed by atoms with E-state index in [0.29, 0.717) is 6.54 Å². The van der Waals surface area contributed by atoms with E-state index in [9.17, 15) is 0 Å². The van der Waals surface area contributed by atoms with Crippen LogP contribution in [0.4, 0.5) is 5.69 Å². The molecule has 0 saturated carbocycles. The van der Waals surface area contributed by atoms with E-state index in [1.54, 1.807) is 13.3 Å². The maximum absolute atomic E-state index is 5.16. The van der Waals surface area contributed by atoms with Crippen LogP contribution in [0, 0.1) is 6.92 Å². The predicted molar refractivity (Wildman–Crippen MR) is 67.1 cm³/mol. The quantitative estimate of drug-likeness (QED) is 0.874. The average molecular weight is 229 g/mol. The van der Waals surface area contributed by atoms with E-state index in [4.69, 9.17) is 4.74 Å². The zero-order chi connectivity index (χ0) is 12.1. The zero-order valence-corrected chi connectivity index (χ0v) is 9.97. The summed E-state index contributed by atoms with van der Waals surface area (Å²) in [6.07, 6.45) is 1.77. The van der Waals surface area contributed by atoms with E-state index >= 15 is 0 Å². The van der Waals surface area contributed by atoms with Crippen molar-refractivity contribution in [2.24, 2.45) is 0 Å². The molecule has 0 spiro atoms. The van der Waals surface area contributed by atoms with Gasteiger partial charge in [-0.25, -0.2) is 9.97 Å². The van der Waals surface area contributed by atoms with E-state index in [-0.39, 0.29) is 0 Å². The Morgan fingerprint density at radius 3 is 2.94 bits per heavy atom. The van der Waals surface area contributed by atoms with Gasteiger partial charge in [-0.15, -0.1) is 0 Å². The second kappa shape index (κ2) is 5.30. The molecular formula is C13H15N3O. The topological polar surface area (TPSA) is 47.0 Å². The Morgan fingerprint density at radius 2 is 2.18 bits per heavy atom. The van der Waals surface area contributed by atoms with Gasteiger partial charge in [-0.05, 0) is 25.1 Å². The van der Waals surface area contributed by atoms with Gasteiger partial charge in [-0.1, -0.05) is 6.07 Å². The van der Waals surface area contributed by atoms with Crippen LogP contribution in [0.3, 0.4) is 0 Å². The highest BCUT2D eigenvalue weighted by molar-refractivity contribution is 5.48. The summed E-state index contributed by atoms with van der Waals surface area (Å²) in [6, 6.07) is 9.72. The number of anilines is 1. The number of benzene rings is 1. The van der Waals surface area contributed by atoms with Crippen LogP contribution in [-0.4, -0.2) is 17.1 Å². The van der Waals surface area contributed by atoms with Crippen molar-refractivity contribution in [3.63, 3.8) is 0 Å². The molecule has 1 aromatic heterocycles. The zero-order valence-electron chi connectivity index (χ0n) is 9.97. The van der Waals surface area contributed by atoms with Gasteiger partial charge in [0.25, 0.3) is 0 Å². The first kappa shape index (κ1) is 11.4. The van der Waals surface area contributed by atoms with Gasteiger partial charge >= 0.3 is 0 Å². The number of ether oxygens (including phenoxy) is 1. The smallest absolute Gasteiger partial charge is 0.125 e. The van der Waals surface area contributed by atoms with Crippen molar-refractivity contribution in [1.29, 1.82) is 0 Å². The number of aryl methyl sites for hydroxylation is 1. The van der Waals surface area contributed by atoms with E-state index < -0.39 is 0 Å². The van der Waals surface area contributed by atoms with Crippen LogP contribution in [0.2, 0.25) is 0 Å². The number of nitrogens with one attached hydrogen (secondary N) is 1. The molecule has 0 aliphatic rings. The Labute approximate surface area is 101 Å². The second-order valence-corrected chi connectivity index (χ2v) is 3.68. The van der Waals surface area contributed by atoms with Crippen LogP contribution in [0.25, 0.3) is 0 Å². The molecule has 4 heteroatoms. The summed E-state index contributed by atoms with van der Waals surface area (Å²) in [5.74, 6) is 1.63. The molecule has 1 heterocycles. The number of rotatable bonds is 4. The van der Waals surface area contributed by atoms with Crippen molar-refractivity contribution < 1.29 is 4.74 Å². The molecule has 0 unspecified atom stereocenters. The van der Waals surface area contributed by atoms with Crippen molar-refractivity contribution in [1.82, 2.24) is 9.97 Å². The Bertz CT molecular complexity index is 500.